The molecule has 0 aromatic heterocycles. The van der Waals surface area contributed by atoms with Crippen molar-refractivity contribution in [1.82, 2.24) is 10.2 Å². The van der Waals surface area contributed by atoms with Gasteiger partial charge in [-0.05, 0) is 48.7 Å². The third kappa shape index (κ3) is 7.91. The van der Waals surface area contributed by atoms with E-state index in [2.05, 4.69) is 5.32 Å². The van der Waals surface area contributed by atoms with Gasteiger partial charge in [0.15, 0.2) is 0 Å². The second kappa shape index (κ2) is 12.3. The van der Waals surface area contributed by atoms with Crippen LogP contribution in [0.25, 0.3) is 0 Å². The number of nitrogens with zero attached hydrogens (tertiary/aromatic N) is 2. The van der Waals surface area contributed by atoms with Crippen LogP contribution < -0.4 is 9.62 Å². The molecule has 2 rings (SSSR count). The van der Waals surface area contributed by atoms with Crippen molar-refractivity contribution in [2.45, 2.75) is 39.3 Å². The minimum atomic E-state index is -3.80. The van der Waals surface area contributed by atoms with Crippen LogP contribution in [0, 0.1) is 0 Å². The maximum absolute atomic E-state index is 13.5. The molecule has 1 atom stereocenters. The lowest BCUT2D eigenvalue weighted by atomic mass is 10.1. The summed E-state index contributed by atoms with van der Waals surface area (Å²) in [5.41, 5.74) is 1.04. The molecule has 7 nitrogen and oxygen atoms in total. The van der Waals surface area contributed by atoms with Crippen molar-refractivity contribution in [2.75, 3.05) is 23.7 Å². The van der Waals surface area contributed by atoms with Gasteiger partial charge in [0.2, 0.25) is 21.8 Å². The summed E-state index contributed by atoms with van der Waals surface area (Å²) >= 11 is 12.0. The highest BCUT2D eigenvalue weighted by Gasteiger charge is 2.31. The molecule has 1 N–H and O–H groups in total. The third-order valence-corrected chi connectivity index (χ3v) is 6.60. The van der Waals surface area contributed by atoms with Crippen LogP contribution in [0.4, 0.5) is 5.69 Å². The Bertz CT molecular complexity index is 1060. The molecule has 0 spiro atoms. The first-order chi connectivity index (χ1) is 15.6. The molecule has 2 amide bonds. The van der Waals surface area contributed by atoms with Gasteiger partial charge in [-0.3, -0.25) is 13.9 Å². The second-order valence-electron chi connectivity index (χ2n) is 7.61. The van der Waals surface area contributed by atoms with Gasteiger partial charge < -0.3 is 10.2 Å². The highest BCUT2D eigenvalue weighted by atomic mass is 35.5. The normalized spacial score (nSPS) is 12.2. The maximum Gasteiger partial charge on any atom is 0.244 e. The summed E-state index contributed by atoms with van der Waals surface area (Å²) in [5, 5.41) is 3.73. The largest absolute Gasteiger partial charge is 0.354 e. The summed E-state index contributed by atoms with van der Waals surface area (Å²) in [5.74, 6) is -0.788. The molecule has 0 saturated carbocycles. The Morgan fingerprint density at radius 2 is 1.70 bits per heavy atom. The first-order valence-electron chi connectivity index (χ1n) is 10.6. The Hall–Kier alpha value is -2.29. The number of hydrogen-bond acceptors (Lipinski definition) is 4. The van der Waals surface area contributed by atoms with Crippen LogP contribution >= 0.6 is 23.2 Å². The van der Waals surface area contributed by atoms with Gasteiger partial charge in [-0.15, -0.1) is 0 Å². The molecule has 10 heteroatoms. The summed E-state index contributed by atoms with van der Waals surface area (Å²) < 4.78 is 26.1. The van der Waals surface area contributed by atoms with Gasteiger partial charge in [-0.1, -0.05) is 55.2 Å². The molecular weight excluding hydrogens is 485 g/mol. The Morgan fingerprint density at radius 3 is 2.24 bits per heavy atom. The van der Waals surface area contributed by atoms with Gasteiger partial charge in [-0.2, -0.15) is 0 Å². The van der Waals surface area contributed by atoms with Crippen molar-refractivity contribution in [3.05, 3.63) is 64.1 Å². The first-order valence-corrected chi connectivity index (χ1v) is 13.2. The van der Waals surface area contributed by atoms with Crippen molar-refractivity contribution in [3.8, 4) is 0 Å². The Kier molecular flexibility index (Phi) is 10.0. The number of carbonyl (C=O) groups is 2. The fourth-order valence-corrected chi connectivity index (χ4v) is 4.47. The summed E-state index contributed by atoms with van der Waals surface area (Å²) in [6.45, 7) is 3.89. The second-order valence-corrected chi connectivity index (χ2v) is 10.4. The van der Waals surface area contributed by atoms with Crippen LogP contribution in [-0.4, -0.2) is 50.5 Å². The highest BCUT2D eigenvalue weighted by Crippen LogP contribution is 2.23. The molecule has 33 heavy (non-hydrogen) atoms. The van der Waals surface area contributed by atoms with Crippen molar-refractivity contribution < 1.29 is 18.0 Å². The fourth-order valence-electron chi connectivity index (χ4n) is 3.32. The molecule has 2 aromatic rings. The molecular formula is C23H29Cl2N3O4S. The van der Waals surface area contributed by atoms with E-state index in [0.717, 1.165) is 22.5 Å². The molecule has 180 valence electrons. The quantitative estimate of drug-likeness (QED) is 0.490. The first kappa shape index (κ1) is 27.0. The number of amides is 2. The smallest absolute Gasteiger partial charge is 0.244 e. The van der Waals surface area contributed by atoms with Gasteiger partial charge >= 0.3 is 0 Å². The maximum atomic E-state index is 13.5. The molecule has 0 bridgehead atoms. The van der Waals surface area contributed by atoms with Crippen LogP contribution in [0.15, 0.2) is 48.5 Å². The topological polar surface area (TPSA) is 86.8 Å². The zero-order chi connectivity index (χ0) is 24.6. The zero-order valence-corrected chi connectivity index (χ0v) is 21.3. The molecule has 0 heterocycles. The third-order valence-electron chi connectivity index (χ3n) is 4.98. The van der Waals surface area contributed by atoms with Crippen LogP contribution in [0.2, 0.25) is 10.0 Å². The SMILES string of the molecule is CCCNC(=O)C(CC)N(Cc1ccc(Cl)cc1)C(=O)CN(c1cccc(Cl)c1)S(C)(=O)=O. The van der Waals surface area contributed by atoms with E-state index >= 15 is 0 Å². The average molecular weight is 514 g/mol. The minimum absolute atomic E-state index is 0.126. The number of sulfonamides is 1. The molecule has 1 unspecified atom stereocenters. The van der Waals surface area contributed by atoms with Gasteiger partial charge in [0.25, 0.3) is 0 Å². The van der Waals surface area contributed by atoms with Crippen molar-refractivity contribution in [3.63, 3.8) is 0 Å². The summed E-state index contributed by atoms with van der Waals surface area (Å²) in [7, 11) is -3.80. The summed E-state index contributed by atoms with van der Waals surface area (Å²) in [6.07, 6.45) is 2.14. The zero-order valence-electron chi connectivity index (χ0n) is 18.9. The number of hydrogen-bond donors (Lipinski definition) is 1. The Labute approximate surface area is 205 Å². The van der Waals surface area contributed by atoms with E-state index < -0.39 is 28.5 Å². The molecule has 0 aliphatic carbocycles. The molecule has 0 aliphatic heterocycles. The van der Waals surface area contributed by atoms with Gasteiger partial charge in [0.1, 0.15) is 12.6 Å². The summed E-state index contributed by atoms with van der Waals surface area (Å²) in [4.78, 5) is 27.7. The standard InChI is InChI=1S/C23H29Cl2N3O4S/c1-4-13-26-23(30)21(5-2)27(15-17-9-11-18(24)12-10-17)22(29)16-28(33(3,31)32)20-8-6-7-19(25)14-20/h6-12,14,21H,4-5,13,15-16H2,1-3H3,(H,26,30). The molecule has 0 saturated heterocycles. The Morgan fingerprint density at radius 1 is 1.03 bits per heavy atom. The van der Waals surface area contributed by atoms with E-state index in [4.69, 9.17) is 23.2 Å². The highest BCUT2D eigenvalue weighted by molar-refractivity contribution is 7.92. The predicted octanol–water partition coefficient (Wildman–Crippen LogP) is 4.09. The number of rotatable bonds is 11. The van der Waals surface area contributed by atoms with Gasteiger partial charge in [-0.25, -0.2) is 8.42 Å². The molecule has 0 fully saturated rings. The lowest BCUT2D eigenvalue weighted by molar-refractivity contribution is -0.140. The number of carbonyl (C=O) groups excluding carboxylic acids is 2. The summed E-state index contributed by atoms with van der Waals surface area (Å²) in [6, 6.07) is 12.4. The fraction of sp³-hybridized carbons (Fsp3) is 0.391. The van der Waals surface area contributed by atoms with Gasteiger partial charge in [0, 0.05) is 23.1 Å². The van der Waals surface area contributed by atoms with E-state index in [1.165, 1.54) is 11.0 Å². The van der Waals surface area contributed by atoms with Crippen molar-refractivity contribution >= 4 is 50.7 Å². The van der Waals surface area contributed by atoms with E-state index in [1.807, 2.05) is 13.8 Å². The minimum Gasteiger partial charge on any atom is -0.354 e. The van der Waals surface area contributed by atoms with Crippen molar-refractivity contribution in [1.29, 1.82) is 0 Å². The van der Waals surface area contributed by atoms with Crippen LogP contribution in [0.5, 0.6) is 0 Å². The van der Waals surface area contributed by atoms with Crippen LogP contribution in [-0.2, 0) is 26.2 Å². The molecule has 0 aliphatic rings. The number of anilines is 1. The van der Waals surface area contributed by atoms with Crippen molar-refractivity contribution in [2.24, 2.45) is 0 Å². The lowest BCUT2D eigenvalue weighted by Gasteiger charge is -2.33. The lowest BCUT2D eigenvalue weighted by Crippen LogP contribution is -2.52. The number of halogens is 2. The number of nitrogens with one attached hydrogen (secondary N) is 1. The Balaban J connectivity index is 2.41. The van der Waals surface area contributed by atoms with E-state index in [0.29, 0.717) is 23.0 Å². The number of benzene rings is 2. The van der Waals surface area contributed by atoms with Crippen LogP contribution in [0.3, 0.4) is 0 Å². The van der Waals surface area contributed by atoms with Gasteiger partial charge in [0.05, 0.1) is 11.9 Å². The van der Waals surface area contributed by atoms with E-state index in [1.54, 1.807) is 42.5 Å². The van der Waals surface area contributed by atoms with Crippen LogP contribution in [0.1, 0.15) is 32.3 Å². The monoisotopic (exact) mass is 513 g/mol. The molecule has 0 radical (unpaired) electrons. The van der Waals surface area contributed by atoms with E-state index in [9.17, 15) is 18.0 Å². The predicted molar refractivity (Wildman–Crippen MR) is 133 cm³/mol. The van der Waals surface area contributed by atoms with E-state index in [-0.39, 0.29) is 18.1 Å². The average Bonchev–Trinajstić information content (AvgIpc) is 2.76. The molecule has 2 aromatic carbocycles.